The van der Waals surface area contributed by atoms with Gasteiger partial charge in [0.25, 0.3) is 5.69 Å². The average molecular weight is 1360 g/mol. The van der Waals surface area contributed by atoms with Gasteiger partial charge >= 0.3 is 6.18 Å². The molecule has 97 heavy (non-hydrogen) atoms. The lowest BCUT2D eigenvalue weighted by Crippen LogP contribution is -2.13. The number of nitrogen functional groups attached to an aromatic ring is 1. The number of rotatable bonds is 16. The molecule has 5 heterocycles. The van der Waals surface area contributed by atoms with Gasteiger partial charge in [0.1, 0.15) is 24.4 Å². The van der Waals surface area contributed by atoms with Crippen LogP contribution in [0.25, 0.3) is 44.8 Å². The van der Waals surface area contributed by atoms with Crippen molar-refractivity contribution in [3.63, 3.8) is 0 Å². The summed E-state index contributed by atoms with van der Waals surface area (Å²) >= 11 is 3.31. The summed E-state index contributed by atoms with van der Waals surface area (Å²) in [5.41, 5.74) is 16.9. The van der Waals surface area contributed by atoms with E-state index in [1.807, 2.05) is 182 Å². The predicted octanol–water partition coefficient (Wildman–Crippen LogP) is 17.0. The van der Waals surface area contributed by atoms with Crippen LogP contribution < -0.4 is 5.73 Å². The number of hydrogen-bond acceptors (Lipinski definition) is 14. The number of pyridine rings is 4. The minimum Gasteiger partial charge on any atom is -0.432 e. The van der Waals surface area contributed by atoms with Crippen molar-refractivity contribution in [1.82, 2.24) is 24.9 Å². The van der Waals surface area contributed by atoms with E-state index >= 15 is 0 Å². The van der Waals surface area contributed by atoms with Gasteiger partial charge in [-0.05, 0) is 127 Å². The smallest absolute Gasteiger partial charge is 0.432 e. The van der Waals surface area contributed by atoms with Gasteiger partial charge in [-0.15, -0.1) is 0 Å². The monoisotopic (exact) mass is 1360 g/mol. The second kappa shape index (κ2) is 32.6. The Hall–Kier alpha value is -11.5. The maximum Gasteiger partial charge on any atom is 0.437 e. The zero-order valence-electron chi connectivity index (χ0n) is 51.5. The molecule has 0 spiro atoms. The number of nitrogens with zero attached hydrogens (tertiary/aromatic N) is 6. The van der Waals surface area contributed by atoms with Gasteiger partial charge in [0, 0.05) is 75.8 Å². The first-order valence-electron chi connectivity index (χ1n) is 30.2. The van der Waals surface area contributed by atoms with Crippen LogP contribution in [0.4, 0.5) is 24.5 Å². The highest BCUT2D eigenvalue weighted by Crippen LogP contribution is 2.36. The molecule has 19 heteroatoms. The van der Waals surface area contributed by atoms with E-state index < -0.39 is 52.8 Å². The number of benzene rings is 8. The largest absolute Gasteiger partial charge is 0.437 e. The molecule has 0 bridgehead atoms. The van der Waals surface area contributed by atoms with E-state index in [0.29, 0.717) is 33.9 Å². The Kier molecular flexibility index (Phi) is 23.0. The Morgan fingerprint density at radius 2 is 0.773 bits per heavy atom. The van der Waals surface area contributed by atoms with Crippen molar-refractivity contribution in [3.8, 4) is 44.8 Å². The Morgan fingerprint density at radius 3 is 1.10 bits per heavy atom. The number of non-ortho nitro benzene ring substituents is 1. The zero-order chi connectivity index (χ0) is 68.3. The predicted molar refractivity (Wildman–Crippen MR) is 369 cm³/mol. The first-order chi connectivity index (χ1) is 46.9. The molecule has 8 aromatic carbocycles. The number of aromatic nitrogens is 5. The van der Waals surface area contributed by atoms with Crippen molar-refractivity contribution in [2.24, 2.45) is 0 Å². The number of aliphatic hydroxyl groups is 4. The van der Waals surface area contributed by atoms with E-state index in [9.17, 15) is 48.5 Å². The molecule has 4 atom stereocenters. The molecule has 5 aromatic heterocycles. The van der Waals surface area contributed by atoms with E-state index in [0.717, 1.165) is 65.8 Å². The maximum atomic E-state index is 13.6. The van der Waals surface area contributed by atoms with Crippen LogP contribution in [-0.2, 0) is 12.6 Å². The van der Waals surface area contributed by atoms with Gasteiger partial charge in [-0.1, -0.05) is 194 Å². The number of carbonyl (C=O) groups excluding carboxylic acids is 1. The quantitative estimate of drug-likeness (QED) is 0.0261. The van der Waals surface area contributed by atoms with Crippen LogP contribution in [0.15, 0.2) is 307 Å². The normalized spacial score (nSPS) is 12.2. The van der Waals surface area contributed by atoms with Gasteiger partial charge < -0.3 is 30.6 Å². The van der Waals surface area contributed by atoms with Gasteiger partial charge in [0.2, 0.25) is 17.4 Å². The van der Waals surface area contributed by atoms with Crippen LogP contribution >= 0.6 is 15.9 Å². The number of carbonyl (C=O) groups is 1. The van der Waals surface area contributed by atoms with Crippen LogP contribution in [0.2, 0.25) is 0 Å². The highest BCUT2D eigenvalue weighted by Gasteiger charge is 2.41. The standard InChI is InChI=1S/C30H21F3N2O3.C18H14N2O3.C18H16N2O.C12H10BrNO/c31-30(32,33)28-27(38-29(35-28)22-9-5-2-6-10-22)25(36)17-19-11-13-20(14-12-19)23-15-16-24(34-18-23)26(37)21-7-3-1-4-8-21;21-18(14-4-2-1-3-5-14)17-11-8-15(12-19-17)13-6-9-16(10-7-13)20(22)23;19-16-9-6-13(7-10-16)15-8-11-17(20-12-15)18(21)14-4-2-1-3-5-14;13-10-6-7-11(14-8-10)12(15)9-4-2-1-3-5-9/h1-16,18,26,37H,17H2;1-12,18,21H;1-12,18,21H,19H2;1-8,12,15H. The summed E-state index contributed by atoms with van der Waals surface area (Å²) in [7, 11) is 0. The van der Waals surface area contributed by atoms with E-state index in [1.54, 1.807) is 104 Å². The molecule has 13 rings (SSSR count). The zero-order valence-corrected chi connectivity index (χ0v) is 53.1. The molecular formula is C78H61BrF3N7O8. The summed E-state index contributed by atoms with van der Waals surface area (Å²) in [5.74, 6) is -1.89. The molecule has 0 aliphatic heterocycles. The van der Waals surface area contributed by atoms with Crippen molar-refractivity contribution >= 4 is 33.1 Å². The number of nitro benzene ring substituents is 1. The molecule has 0 radical (unpaired) electrons. The third-order valence-electron chi connectivity index (χ3n) is 15.2. The van der Waals surface area contributed by atoms with Crippen molar-refractivity contribution in [2.75, 3.05) is 5.73 Å². The maximum absolute atomic E-state index is 13.6. The molecular weight excluding hydrogens is 1300 g/mol. The molecule has 0 amide bonds. The van der Waals surface area contributed by atoms with Crippen LogP contribution in [0.3, 0.4) is 0 Å². The molecule has 484 valence electrons. The van der Waals surface area contributed by atoms with Gasteiger partial charge in [0.15, 0.2) is 5.69 Å². The first kappa shape index (κ1) is 68.4. The second-order valence-electron chi connectivity index (χ2n) is 21.9. The minimum atomic E-state index is -4.83. The second-order valence-corrected chi connectivity index (χ2v) is 22.8. The number of nitro groups is 1. The van der Waals surface area contributed by atoms with Gasteiger partial charge in [0.05, 0.1) is 27.7 Å². The lowest BCUT2D eigenvalue weighted by Gasteiger charge is -2.11. The number of aliphatic hydroxyl groups excluding tert-OH is 4. The van der Waals surface area contributed by atoms with Crippen molar-refractivity contribution in [1.29, 1.82) is 0 Å². The Balaban J connectivity index is 0.000000149. The van der Waals surface area contributed by atoms with Gasteiger partial charge in [-0.3, -0.25) is 34.8 Å². The third kappa shape index (κ3) is 18.5. The molecule has 0 aliphatic carbocycles. The van der Waals surface area contributed by atoms with Crippen LogP contribution in [0, 0.1) is 10.1 Å². The highest BCUT2D eigenvalue weighted by molar-refractivity contribution is 9.10. The van der Waals surface area contributed by atoms with Gasteiger partial charge in [-0.25, -0.2) is 4.98 Å². The molecule has 6 N–H and O–H groups in total. The van der Waals surface area contributed by atoms with Crippen molar-refractivity contribution in [3.05, 3.63) is 374 Å². The number of hydrogen-bond donors (Lipinski definition) is 5. The summed E-state index contributed by atoms with van der Waals surface area (Å²) in [6, 6.07) is 81.0. The summed E-state index contributed by atoms with van der Waals surface area (Å²) in [5, 5.41) is 51.8. The molecule has 0 aliphatic rings. The van der Waals surface area contributed by atoms with Crippen molar-refractivity contribution < 1.29 is 47.7 Å². The Morgan fingerprint density at radius 1 is 0.443 bits per heavy atom. The first-order valence-corrected chi connectivity index (χ1v) is 31.0. The molecule has 0 saturated heterocycles. The Bertz CT molecular complexity index is 4610. The molecule has 0 saturated carbocycles. The highest BCUT2D eigenvalue weighted by atomic mass is 79.9. The Labute approximate surface area is 564 Å². The number of Topliss-reactive ketones (excluding diaryl/α,β-unsaturated/α-hetero) is 1. The minimum absolute atomic E-state index is 0.0535. The number of nitrogens with two attached hydrogens (primary N) is 1. The molecule has 15 nitrogen and oxygen atoms in total. The lowest BCUT2D eigenvalue weighted by atomic mass is 10.0. The molecule has 4 unspecified atom stereocenters. The summed E-state index contributed by atoms with van der Waals surface area (Å²) in [4.78, 5) is 43.8. The molecule has 0 fully saturated rings. The van der Waals surface area contributed by atoms with Crippen molar-refractivity contribution in [2.45, 2.75) is 37.0 Å². The van der Waals surface area contributed by atoms with Gasteiger partial charge in [-0.2, -0.15) is 13.2 Å². The van der Waals surface area contributed by atoms with Crippen LogP contribution in [-0.4, -0.2) is 56.1 Å². The number of halogens is 4. The van der Waals surface area contributed by atoms with E-state index in [2.05, 4.69) is 40.8 Å². The third-order valence-corrected chi connectivity index (χ3v) is 15.6. The fraction of sp³-hybridized carbons (Fsp3) is 0.0769. The topological polar surface area (TPSA) is 245 Å². The lowest BCUT2D eigenvalue weighted by molar-refractivity contribution is -0.384. The van der Waals surface area contributed by atoms with E-state index in [4.69, 9.17) is 10.2 Å². The van der Waals surface area contributed by atoms with E-state index in [-0.39, 0.29) is 18.0 Å². The number of oxazole rings is 1. The summed E-state index contributed by atoms with van der Waals surface area (Å²) in [6.07, 6.45) is -1.35. The summed E-state index contributed by atoms with van der Waals surface area (Å²) < 4.78 is 47.0. The molecule has 13 aromatic rings. The summed E-state index contributed by atoms with van der Waals surface area (Å²) in [6.45, 7) is 0. The number of ketones is 1. The van der Waals surface area contributed by atoms with Crippen LogP contribution in [0.5, 0.6) is 0 Å². The fourth-order valence-corrected chi connectivity index (χ4v) is 10.2. The number of alkyl halides is 3. The fourth-order valence-electron chi connectivity index (χ4n) is 9.92. The SMILES string of the molecule is Nc1ccc(-c2ccc(C(O)c3ccccc3)nc2)cc1.O=C(Cc1ccc(-c2ccc(C(O)c3ccccc3)nc2)cc1)c1oc(-c2ccccc2)nc1C(F)(F)F.O=[N+]([O-])c1ccc(-c2ccc(C(O)c3ccccc3)nc2)cc1.OC(c1ccccc1)c1ccc(Br)cn1. The average Bonchev–Trinajstić information content (AvgIpc) is 1.70. The number of anilines is 1. The van der Waals surface area contributed by atoms with E-state index in [1.165, 1.54) is 12.1 Å². The van der Waals surface area contributed by atoms with Crippen LogP contribution in [0.1, 0.15) is 91.3 Å².